The highest BCUT2D eigenvalue weighted by Gasteiger charge is 2.39. The van der Waals surface area contributed by atoms with Crippen LogP contribution in [0.3, 0.4) is 0 Å². The smallest absolute Gasteiger partial charge is 0.178 e. The van der Waals surface area contributed by atoms with Crippen LogP contribution in [0.15, 0.2) is 158 Å². The summed E-state index contributed by atoms with van der Waals surface area (Å²) < 4.78 is 13.2. The Bertz CT molecular complexity index is 2670. The van der Waals surface area contributed by atoms with Gasteiger partial charge in [0.25, 0.3) is 0 Å². The van der Waals surface area contributed by atoms with Crippen molar-refractivity contribution in [2.24, 2.45) is 0 Å². The van der Waals surface area contributed by atoms with E-state index in [0.29, 0.717) is 17.3 Å². The fourth-order valence-electron chi connectivity index (χ4n) is 7.76. The van der Waals surface area contributed by atoms with E-state index in [1.807, 2.05) is 30.3 Å². The van der Waals surface area contributed by atoms with Gasteiger partial charge in [-0.1, -0.05) is 141 Å². The molecule has 0 N–H and O–H groups in total. The maximum atomic E-state index is 6.76. The Morgan fingerprint density at radius 2 is 1.14 bits per heavy atom. The summed E-state index contributed by atoms with van der Waals surface area (Å²) in [6.07, 6.45) is 0. The lowest BCUT2D eigenvalue weighted by Gasteiger charge is -2.25. The van der Waals surface area contributed by atoms with Crippen LogP contribution in [0.25, 0.3) is 66.9 Å². The fraction of sp³-hybridized carbons (Fsp3) is 0.0638. The number of hydrogen-bond donors (Lipinski definition) is 0. The van der Waals surface area contributed by atoms with E-state index in [1.54, 1.807) is 0 Å². The zero-order chi connectivity index (χ0) is 34.1. The molecular weight excluding hydrogens is 625 g/mol. The van der Waals surface area contributed by atoms with Gasteiger partial charge in [0.15, 0.2) is 28.8 Å². The Morgan fingerprint density at radius 3 is 2.06 bits per heavy atom. The van der Waals surface area contributed by atoms with E-state index >= 15 is 0 Å². The van der Waals surface area contributed by atoms with Crippen LogP contribution in [0, 0.1) is 0 Å². The predicted octanol–water partition coefficient (Wildman–Crippen LogP) is 12.5. The minimum Gasteiger partial charge on any atom is -0.449 e. The average Bonchev–Trinajstić information content (AvgIpc) is 3.43. The number of rotatable bonds is 4. The van der Waals surface area contributed by atoms with Crippen molar-refractivity contribution in [3.8, 4) is 79.2 Å². The van der Waals surface area contributed by atoms with Crippen LogP contribution in [0.5, 0.6) is 23.0 Å². The van der Waals surface area contributed by atoms with Gasteiger partial charge in [0, 0.05) is 27.7 Å². The third kappa shape index (κ3) is 4.75. The zero-order valence-corrected chi connectivity index (χ0v) is 28.2. The standard InChI is InChI=1S/C47H32N2O2/c1-47(2)37-21-9-8-19-36(37)44-38(47)23-25-42-45(44)51-43-27-32(22-24-41(43)50-42)31-16-10-17-33(26-31)46-48-39(30-13-4-3-5-14-30)28-40(49-46)35-20-11-15-29-12-6-7-18-34(29)35/h3-28H,1-2H3. The Morgan fingerprint density at radius 1 is 0.451 bits per heavy atom. The number of ether oxygens (including phenoxy) is 2. The molecule has 242 valence electrons. The third-order valence-corrected chi connectivity index (χ3v) is 10.4. The minimum atomic E-state index is -0.125. The van der Waals surface area contributed by atoms with Gasteiger partial charge in [-0.05, 0) is 68.9 Å². The number of aromatic nitrogens is 2. The summed E-state index contributed by atoms with van der Waals surface area (Å²) in [6.45, 7) is 4.55. The second-order valence-corrected chi connectivity index (χ2v) is 13.8. The van der Waals surface area contributed by atoms with Crippen molar-refractivity contribution in [2.45, 2.75) is 19.3 Å². The molecule has 0 unspecified atom stereocenters. The molecule has 4 nitrogen and oxygen atoms in total. The Hall–Kier alpha value is -6.52. The lowest BCUT2D eigenvalue weighted by atomic mass is 9.82. The maximum Gasteiger partial charge on any atom is 0.178 e. The number of nitrogens with zero attached hydrogens (tertiary/aromatic N) is 2. The topological polar surface area (TPSA) is 44.2 Å². The molecule has 7 aromatic carbocycles. The molecule has 0 amide bonds. The van der Waals surface area contributed by atoms with Gasteiger partial charge >= 0.3 is 0 Å². The van der Waals surface area contributed by atoms with Gasteiger partial charge in [-0.15, -0.1) is 0 Å². The van der Waals surface area contributed by atoms with E-state index in [1.165, 1.54) is 22.1 Å². The van der Waals surface area contributed by atoms with E-state index in [4.69, 9.17) is 19.4 Å². The Balaban J connectivity index is 1.06. The molecule has 0 bridgehead atoms. The van der Waals surface area contributed by atoms with Crippen LogP contribution in [0.4, 0.5) is 0 Å². The summed E-state index contributed by atoms with van der Waals surface area (Å²) in [5.74, 6) is 3.58. The van der Waals surface area contributed by atoms with Crippen LogP contribution in [0.2, 0.25) is 0 Å². The summed E-state index contributed by atoms with van der Waals surface area (Å²) in [5.41, 5.74) is 11.6. The van der Waals surface area contributed by atoms with Crippen LogP contribution in [-0.4, -0.2) is 9.97 Å². The van der Waals surface area contributed by atoms with Gasteiger partial charge in [0.2, 0.25) is 0 Å². The normalized spacial score (nSPS) is 13.4. The van der Waals surface area contributed by atoms with Crippen molar-refractivity contribution in [2.75, 3.05) is 0 Å². The van der Waals surface area contributed by atoms with Crippen LogP contribution in [-0.2, 0) is 5.41 Å². The lowest BCUT2D eigenvalue weighted by molar-refractivity contribution is 0.360. The Labute approximate surface area is 296 Å². The molecule has 0 saturated heterocycles. The summed E-state index contributed by atoms with van der Waals surface area (Å²) in [7, 11) is 0. The molecule has 10 rings (SSSR count). The van der Waals surface area contributed by atoms with Crippen molar-refractivity contribution in [1.82, 2.24) is 9.97 Å². The van der Waals surface area contributed by atoms with Crippen molar-refractivity contribution in [3.63, 3.8) is 0 Å². The largest absolute Gasteiger partial charge is 0.449 e. The first-order chi connectivity index (χ1) is 25.0. The van der Waals surface area contributed by atoms with Gasteiger partial charge < -0.3 is 9.47 Å². The van der Waals surface area contributed by atoms with E-state index < -0.39 is 0 Å². The molecular formula is C47H32N2O2. The molecule has 1 aliphatic heterocycles. The van der Waals surface area contributed by atoms with Crippen molar-refractivity contribution in [1.29, 1.82) is 0 Å². The van der Waals surface area contributed by atoms with Gasteiger partial charge in [0.05, 0.1) is 11.4 Å². The van der Waals surface area contributed by atoms with E-state index in [0.717, 1.165) is 61.7 Å². The molecule has 1 aliphatic carbocycles. The first-order valence-corrected chi connectivity index (χ1v) is 17.3. The molecule has 8 aromatic rings. The van der Waals surface area contributed by atoms with Gasteiger partial charge in [-0.25, -0.2) is 9.97 Å². The molecule has 2 heterocycles. The molecule has 0 atom stereocenters. The number of benzene rings is 7. The molecule has 4 heteroatoms. The highest BCUT2D eigenvalue weighted by atomic mass is 16.6. The molecule has 1 aromatic heterocycles. The average molecular weight is 657 g/mol. The van der Waals surface area contributed by atoms with Crippen LogP contribution < -0.4 is 9.47 Å². The lowest BCUT2D eigenvalue weighted by Crippen LogP contribution is -2.15. The number of hydrogen-bond acceptors (Lipinski definition) is 4. The minimum absolute atomic E-state index is 0.125. The Kier molecular flexibility index (Phi) is 6.49. The van der Waals surface area contributed by atoms with E-state index in [-0.39, 0.29) is 5.41 Å². The maximum absolute atomic E-state index is 6.76. The first-order valence-electron chi connectivity index (χ1n) is 17.3. The molecule has 2 aliphatic rings. The van der Waals surface area contributed by atoms with E-state index in [2.05, 4.69) is 141 Å². The number of fused-ring (bicyclic) bond motifs is 7. The second kappa shape index (κ2) is 11.3. The van der Waals surface area contributed by atoms with Crippen molar-refractivity contribution in [3.05, 3.63) is 169 Å². The quantitative estimate of drug-likeness (QED) is 0.189. The van der Waals surface area contributed by atoms with Crippen LogP contribution in [0.1, 0.15) is 25.0 Å². The van der Waals surface area contributed by atoms with Gasteiger partial charge in [0.1, 0.15) is 0 Å². The first kappa shape index (κ1) is 29.4. The summed E-state index contributed by atoms with van der Waals surface area (Å²) in [4.78, 5) is 10.3. The third-order valence-electron chi connectivity index (χ3n) is 10.4. The highest BCUT2D eigenvalue weighted by molar-refractivity contribution is 5.96. The SMILES string of the molecule is CC1(C)c2ccccc2-c2c1ccc1c2Oc2cc(-c3cccc(-c4nc(-c5ccccc5)cc(-c5cccc6ccccc56)n4)c3)ccc2O1. The fourth-order valence-corrected chi connectivity index (χ4v) is 7.76. The van der Waals surface area contributed by atoms with E-state index in [9.17, 15) is 0 Å². The highest BCUT2D eigenvalue weighted by Crippen LogP contribution is 2.58. The van der Waals surface area contributed by atoms with Crippen LogP contribution >= 0.6 is 0 Å². The summed E-state index contributed by atoms with van der Waals surface area (Å²) in [5, 5.41) is 2.34. The predicted molar refractivity (Wildman–Crippen MR) is 205 cm³/mol. The molecule has 0 radical (unpaired) electrons. The molecule has 51 heavy (non-hydrogen) atoms. The van der Waals surface area contributed by atoms with Crippen molar-refractivity contribution >= 4 is 10.8 Å². The zero-order valence-electron chi connectivity index (χ0n) is 28.2. The molecule has 0 saturated carbocycles. The molecule has 0 spiro atoms. The molecule has 0 fully saturated rings. The summed E-state index contributed by atoms with van der Waals surface area (Å²) >= 11 is 0. The van der Waals surface area contributed by atoms with Gasteiger partial charge in [-0.3, -0.25) is 0 Å². The van der Waals surface area contributed by atoms with Gasteiger partial charge in [-0.2, -0.15) is 0 Å². The second-order valence-electron chi connectivity index (χ2n) is 13.8. The monoisotopic (exact) mass is 656 g/mol. The summed E-state index contributed by atoms with van der Waals surface area (Å²) in [6, 6.07) is 54.6. The van der Waals surface area contributed by atoms with Crippen molar-refractivity contribution < 1.29 is 9.47 Å².